The second kappa shape index (κ2) is 10.3. The molecule has 34 heavy (non-hydrogen) atoms. The fourth-order valence-electron chi connectivity index (χ4n) is 4.97. The molecule has 1 unspecified atom stereocenters. The van der Waals surface area contributed by atoms with Crippen LogP contribution in [0.2, 0.25) is 0 Å². The zero-order valence-electron chi connectivity index (χ0n) is 20.3. The van der Waals surface area contributed by atoms with Gasteiger partial charge < -0.3 is 9.88 Å². The fraction of sp³-hybridized carbons (Fsp3) is 0.462. The van der Waals surface area contributed by atoms with E-state index < -0.39 is 10.0 Å². The zero-order valence-corrected chi connectivity index (χ0v) is 21.1. The van der Waals surface area contributed by atoms with Crippen LogP contribution >= 0.6 is 0 Å². The summed E-state index contributed by atoms with van der Waals surface area (Å²) in [4.78, 5) is 17.8. The van der Waals surface area contributed by atoms with Crippen LogP contribution in [0.1, 0.15) is 63.0 Å². The summed E-state index contributed by atoms with van der Waals surface area (Å²) in [6.45, 7) is 7.24. The first-order valence-electron chi connectivity index (χ1n) is 12.3. The number of hydrogen-bond donors (Lipinski definition) is 1. The number of aromatic nitrogens is 2. The number of rotatable bonds is 9. The molecule has 0 radical (unpaired) electrons. The van der Waals surface area contributed by atoms with Gasteiger partial charge in [-0.1, -0.05) is 38.1 Å². The molecule has 8 heteroatoms. The van der Waals surface area contributed by atoms with Crippen molar-refractivity contribution < 1.29 is 13.2 Å². The molecule has 0 fully saturated rings. The van der Waals surface area contributed by atoms with Crippen molar-refractivity contribution in [2.24, 2.45) is 0 Å². The standard InChI is InChI=1S/C26H34N4O3S/c1-4-29(5-2)34(32,33)20-14-15-24-23(18-20)27-25(30(24)6-3)16-17-26(31)28-22-13-9-11-19-10-7-8-12-21(19)22/h7-8,10,12,14-15,18,22H,4-6,9,11,13,16-17H2,1-3H3,(H,28,31). The molecule has 0 saturated heterocycles. The molecule has 3 aromatic rings. The Labute approximate surface area is 202 Å². The third-order valence-corrected chi connectivity index (χ3v) is 8.78. The van der Waals surface area contributed by atoms with Crippen LogP contribution in [0.15, 0.2) is 47.4 Å². The molecule has 1 heterocycles. The molecule has 1 atom stereocenters. The summed E-state index contributed by atoms with van der Waals surface area (Å²) in [5, 5.41) is 3.21. The minimum atomic E-state index is -3.55. The van der Waals surface area contributed by atoms with E-state index in [0.29, 0.717) is 38.0 Å². The van der Waals surface area contributed by atoms with Gasteiger partial charge in [0.2, 0.25) is 15.9 Å². The van der Waals surface area contributed by atoms with Gasteiger partial charge in [-0.3, -0.25) is 4.79 Å². The Kier molecular flexibility index (Phi) is 7.38. The van der Waals surface area contributed by atoms with Gasteiger partial charge in [-0.2, -0.15) is 4.31 Å². The Morgan fingerprint density at radius 1 is 1.15 bits per heavy atom. The van der Waals surface area contributed by atoms with E-state index in [1.54, 1.807) is 12.1 Å². The molecule has 0 saturated carbocycles. The molecule has 2 aromatic carbocycles. The smallest absolute Gasteiger partial charge is 0.243 e. The summed E-state index contributed by atoms with van der Waals surface area (Å²) in [6.07, 6.45) is 3.94. The first kappa shape index (κ1) is 24.4. The number of benzene rings is 2. The van der Waals surface area contributed by atoms with Crippen molar-refractivity contribution in [1.82, 2.24) is 19.2 Å². The van der Waals surface area contributed by atoms with Crippen molar-refractivity contribution in [3.05, 3.63) is 59.4 Å². The second-order valence-electron chi connectivity index (χ2n) is 8.72. The average molecular weight is 483 g/mol. The molecule has 7 nitrogen and oxygen atoms in total. The molecule has 1 amide bonds. The predicted octanol–water partition coefficient (Wildman–Crippen LogP) is 4.21. The van der Waals surface area contributed by atoms with Crippen LogP contribution in [0, 0.1) is 0 Å². The van der Waals surface area contributed by atoms with Crippen LogP contribution in [-0.4, -0.2) is 41.3 Å². The first-order valence-corrected chi connectivity index (χ1v) is 13.7. The number of aryl methyl sites for hydroxylation is 3. The van der Waals surface area contributed by atoms with Gasteiger partial charge >= 0.3 is 0 Å². The lowest BCUT2D eigenvalue weighted by molar-refractivity contribution is -0.121. The molecular formula is C26H34N4O3S. The van der Waals surface area contributed by atoms with Crippen molar-refractivity contribution in [3.63, 3.8) is 0 Å². The predicted molar refractivity (Wildman–Crippen MR) is 134 cm³/mol. The van der Waals surface area contributed by atoms with E-state index in [0.717, 1.165) is 30.6 Å². The van der Waals surface area contributed by atoms with Gasteiger partial charge in [-0.25, -0.2) is 13.4 Å². The van der Waals surface area contributed by atoms with E-state index in [1.807, 2.05) is 32.9 Å². The molecule has 1 aromatic heterocycles. The van der Waals surface area contributed by atoms with E-state index in [9.17, 15) is 13.2 Å². The third-order valence-electron chi connectivity index (χ3n) is 6.74. The normalized spacial score (nSPS) is 16.1. The van der Waals surface area contributed by atoms with E-state index in [1.165, 1.54) is 15.4 Å². The molecule has 1 aliphatic rings. The van der Waals surface area contributed by atoms with Crippen LogP contribution in [0.25, 0.3) is 11.0 Å². The summed E-state index contributed by atoms with van der Waals surface area (Å²) in [6, 6.07) is 13.5. The SMILES string of the molecule is CCN(CC)S(=O)(=O)c1ccc2c(c1)nc(CCC(=O)NC1CCCc3ccccc31)n2CC. The molecule has 0 spiro atoms. The van der Waals surface area contributed by atoms with Crippen molar-refractivity contribution in [2.45, 2.75) is 70.4 Å². The Morgan fingerprint density at radius 3 is 2.65 bits per heavy atom. The summed E-state index contributed by atoms with van der Waals surface area (Å²) in [7, 11) is -3.55. The molecule has 182 valence electrons. The maximum atomic E-state index is 12.9. The van der Waals surface area contributed by atoms with Crippen LogP contribution in [0.4, 0.5) is 0 Å². The van der Waals surface area contributed by atoms with Crippen molar-refractivity contribution in [1.29, 1.82) is 0 Å². The Hall–Kier alpha value is -2.71. The van der Waals surface area contributed by atoms with Gasteiger partial charge in [0.1, 0.15) is 5.82 Å². The first-order chi connectivity index (χ1) is 16.4. The number of sulfonamides is 1. The van der Waals surface area contributed by atoms with Crippen LogP contribution < -0.4 is 5.32 Å². The van der Waals surface area contributed by atoms with Gasteiger partial charge in [0.15, 0.2) is 0 Å². The number of carbonyl (C=O) groups excluding carboxylic acids is 1. The number of nitrogens with zero attached hydrogens (tertiary/aromatic N) is 3. The minimum Gasteiger partial charge on any atom is -0.349 e. The number of hydrogen-bond acceptors (Lipinski definition) is 4. The number of fused-ring (bicyclic) bond motifs is 2. The largest absolute Gasteiger partial charge is 0.349 e. The highest BCUT2D eigenvalue weighted by molar-refractivity contribution is 7.89. The maximum absolute atomic E-state index is 12.9. The van der Waals surface area contributed by atoms with Gasteiger partial charge in [-0.05, 0) is 55.5 Å². The Morgan fingerprint density at radius 2 is 1.91 bits per heavy atom. The number of nitrogens with one attached hydrogen (secondary N) is 1. The topological polar surface area (TPSA) is 84.3 Å². The molecule has 4 rings (SSSR count). The maximum Gasteiger partial charge on any atom is 0.243 e. The minimum absolute atomic E-state index is 0.0150. The fourth-order valence-corrected chi connectivity index (χ4v) is 6.45. The van der Waals surface area contributed by atoms with Gasteiger partial charge in [0.05, 0.1) is 22.0 Å². The number of amides is 1. The van der Waals surface area contributed by atoms with E-state index in [2.05, 4.69) is 28.1 Å². The van der Waals surface area contributed by atoms with Gasteiger partial charge in [-0.15, -0.1) is 0 Å². The van der Waals surface area contributed by atoms with Crippen LogP contribution in [-0.2, 0) is 34.2 Å². The summed E-state index contributed by atoms with van der Waals surface area (Å²) < 4.78 is 29.4. The van der Waals surface area contributed by atoms with E-state index in [4.69, 9.17) is 4.98 Å². The molecular weight excluding hydrogens is 448 g/mol. The summed E-state index contributed by atoms with van der Waals surface area (Å²) in [5.41, 5.74) is 4.08. The van der Waals surface area contributed by atoms with Crippen molar-refractivity contribution in [2.75, 3.05) is 13.1 Å². The van der Waals surface area contributed by atoms with Gasteiger partial charge in [0.25, 0.3) is 0 Å². The Balaban J connectivity index is 1.50. The highest BCUT2D eigenvalue weighted by Crippen LogP contribution is 2.29. The van der Waals surface area contributed by atoms with E-state index in [-0.39, 0.29) is 16.8 Å². The molecule has 1 aliphatic carbocycles. The van der Waals surface area contributed by atoms with Crippen LogP contribution in [0.3, 0.4) is 0 Å². The summed E-state index contributed by atoms with van der Waals surface area (Å²) >= 11 is 0. The lowest BCUT2D eigenvalue weighted by Gasteiger charge is -2.26. The monoisotopic (exact) mass is 482 g/mol. The van der Waals surface area contributed by atoms with Gasteiger partial charge in [0, 0.05) is 32.5 Å². The lowest BCUT2D eigenvalue weighted by atomic mass is 9.87. The number of carbonyl (C=O) groups is 1. The van der Waals surface area contributed by atoms with E-state index >= 15 is 0 Å². The Bertz CT molecular complexity index is 1280. The molecule has 1 N–H and O–H groups in total. The summed E-state index contributed by atoms with van der Waals surface area (Å²) in [5.74, 6) is 0.815. The lowest BCUT2D eigenvalue weighted by Crippen LogP contribution is -2.31. The van der Waals surface area contributed by atoms with Crippen LogP contribution in [0.5, 0.6) is 0 Å². The molecule has 0 aliphatic heterocycles. The third kappa shape index (κ3) is 4.74. The van der Waals surface area contributed by atoms with Crippen molar-refractivity contribution in [3.8, 4) is 0 Å². The number of imidazole rings is 1. The zero-order chi connectivity index (χ0) is 24.3. The quantitative estimate of drug-likeness (QED) is 0.495. The highest BCUT2D eigenvalue weighted by atomic mass is 32.2. The van der Waals surface area contributed by atoms with Crippen molar-refractivity contribution >= 4 is 27.0 Å². The second-order valence-corrected chi connectivity index (χ2v) is 10.7. The average Bonchev–Trinajstić information content (AvgIpc) is 3.20. The highest BCUT2D eigenvalue weighted by Gasteiger charge is 2.24. The molecule has 0 bridgehead atoms.